The lowest BCUT2D eigenvalue weighted by molar-refractivity contribution is -0.123. The lowest BCUT2D eigenvalue weighted by Gasteiger charge is -2.19. The third-order valence-corrected chi connectivity index (χ3v) is 5.17. The summed E-state index contributed by atoms with van der Waals surface area (Å²) in [6.07, 6.45) is 15.1. The van der Waals surface area contributed by atoms with E-state index in [-0.39, 0.29) is 12.5 Å². The summed E-state index contributed by atoms with van der Waals surface area (Å²) in [5.74, 6) is 0.780. The maximum Gasteiger partial charge on any atom is 0.258 e. The van der Waals surface area contributed by atoms with Crippen LogP contribution in [0.4, 0.5) is 0 Å². The molecular weight excluding hydrogens is 310 g/mol. The van der Waals surface area contributed by atoms with E-state index in [0.717, 1.165) is 25.0 Å². The molecule has 0 radical (unpaired) electrons. The Morgan fingerprint density at radius 3 is 1.96 bits per heavy atom. The monoisotopic (exact) mass is 345 g/mol. The molecule has 2 rings (SSSR count). The smallest absolute Gasteiger partial charge is 0.258 e. The second kappa shape index (κ2) is 11.9. The number of carbonyl (C=O) groups excluding carboxylic acids is 1. The van der Waals surface area contributed by atoms with Crippen molar-refractivity contribution in [1.29, 1.82) is 0 Å². The number of benzene rings is 1. The molecule has 140 valence electrons. The summed E-state index contributed by atoms with van der Waals surface area (Å²) in [6, 6.07) is 8.32. The average Bonchev–Trinajstić information content (AvgIpc) is 2.62. The number of aryl methyl sites for hydroxylation is 1. The third-order valence-electron chi connectivity index (χ3n) is 5.17. The van der Waals surface area contributed by atoms with Crippen LogP contribution in [0.25, 0.3) is 0 Å². The van der Waals surface area contributed by atoms with Crippen LogP contribution in [-0.2, 0) is 11.2 Å². The van der Waals surface area contributed by atoms with E-state index < -0.39 is 0 Å². The Bertz CT molecular complexity index is 471. The largest absolute Gasteiger partial charge is 0.484 e. The van der Waals surface area contributed by atoms with Crippen LogP contribution in [0.3, 0.4) is 0 Å². The van der Waals surface area contributed by atoms with Gasteiger partial charge in [0.2, 0.25) is 0 Å². The first-order valence-corrected chi connectivity index (χ1v) is 10.3. The van der Waals surface area contributed by atoms with Crippen LogP contribution in [0.15, 0.2) is 24.3 Å². The second-order valence-electron chi connectivity index (χ2n) is 7.31. The Morgan fingerprint density at radius 2 is 1.44 bits per heavy atom. The molecule has 1 saturated carbocycles. The van der Waals surface area contributed by atoms with E-state index in [1.54, 1.807) is 0 Å². The molecule has 1 fully saturated rings. The molecule has 0 heterocycles. The molecule has 0 aliphatic heterocycles. The third kappa shape index (κ3) is 8.42. The Labute approximate surface area is 153 Å². The van der Waals surface area contributed by atoms with Crippen LogP contribution in [0.1, 0.15) is 83.1 Å². The highest BCUT2D eigenvalue weighted by atomic mass is 16.5. The standard InChI is InChI=1S/C22H35NO2/c1-2-19-14-16-21(17-15-19)25-18-22(24)23-20-12-10-8-6-4-3-5-7-9-11-13-20/h14-17,20H,2-13,18H2,1H3,(H,23,24). The predicted molar refractivity (Wildman–Crippen MR) is 104 cm³/mol. The summed E-state index contributed by atoms with van der Waals surface area (Å²) in [4.78, 5) is 12.2. The highest BCUT2D eigenvalue weighted by molar-refractivity contribution is 5.77. The number of hydrogen-bond acceptors (Lipinski definition) is 2. The molecule has 0 spiro atoms. The molecule has 0 saturated heterocycles. The second-order valence-corrected chi connectivity index (χ2v) is 7.31. The van der Waals surface area contributed by atoms with Crippen molar-refractivity contribution in [3.05, 3.63) is 29.8 Å². The van der Waals surface area contributed by atoms with Crippen molar-refractivity contribution in [1.82, 2.24) is 5.32 Å². The van der Waals surface area contributed by atoms with Gasteiger partial charge in [-0.15, -0.1) is 0 Å². The summed E-state index contributed by atoms with van der Waals surface area (Å²) >= 11 is 0. The maximum absolute atomic E-state index is 12.2. The van der Waals surface area contributed by atoms with E-state index in [4.69, 9.17) is 4.74 Å². The molecule has 0 unspecified atom stereocenters. The van der Waals surface area contributed by atoms with Gasteiger partial charge in [0, 0.05) is 6.04 Å². The van der Waals surface area contributed by atoms with Gasteiger partial charge < -0.3 is 10.1 Å². The molecule has 1 aromatic carbocycles. The van der Waals surface area contributed by atoms with E-state index in [1.165, 1.54) is 63.4 Å². The minimum Gasteiger partial charge on any atom is -0.484 e. The van der Waals surface area contributed by atoms with Crippen molar-refractivity contribution in [3.63, 3.8) is 0 Å². The summed E-state index contributed by atoms with van der Waals surface area (Å²) in [5.41, 5.74) is 1.28. The molecule has 1 aromatic rings. The van der Waals surface area contributed by atoms with Gasteiger partial charge in [-0.3, -0.25) is 4.79 Å². The number of hydrogen-bond donors (Lipinski definition) is 1. The maximum atomic E-state index is 12.2. The fourth-order valence-corrected chi connectivity index (χ4v) is 3.55. The zero-order valence-corrected chi connectivity index (χ0v) is 15.9. The molecule has 0 aromatic heterocycles. The van der Waals surface area contributed by atoms with Crippen LogP contribution in [0.2, 0.25) is 0 Å². The number of amides is 1. The molecular formula is C22H35NO2. The van der Waals surface area contributed by atoms with Gasteiger partial charge in [0.25, 0.3) is 5.91 Å². The number of carbonyl (C=O) groups is 1. The van der Waals surface area contributed by atoms with Gasteiger partial charge in [-0.05, 0) is 37.0 Å². The van der Waals surface area contributed by atoms with Crippen molar-refractivity contribution in [2.45, 2.75) is 90.0 Å². The first-order chi connectivity index (χ1) is 12.3. The van der Waals surface area contributed by atoms with Gasteiger partial charge >= 0.3 is 0 Å². The van der Waals surface area contributed by atoms with Crippen LogP contribution in [0.5, 0.6) is 5.75 Å². The highest BCUT2D eigenvalue weighted by Crippen LogP contribution is 2.17. The molecule has 1 N–H and O–H groups in total. The molecule has 0 atom stereocenters. The van der Waals surface area contributed by atoms with E-state index in [0.29, 0.717) is 6.04 Å². The number of rotatable bonds is 5. The van der Waals surface area contributed by atoms with Gasteiger partial charge in [0.05, 0.1) is 0 Å². The fourth-order valence-electron chi connectivity index (χ4n) is 3.55. The number of ether oxygens (including phenoxy) is 1. The lowest BCUT2D eigenvalue weighted by atomic mass is 9.98. The minimum absolute atomic E-state index is 0.0108. The van der Waals surface area contributed by atoms with E-state index in [9.17, 15) is 4.79 Å². The van der Waals surface area contributed by atoms with Crippen molar-refractivity contribution >= 4 is 5.91 Å². The summed E-state index contributed by atoms with van der Waals surface area (Å²) < 4.78 is 5.63. The SMILES string of the molecule is CCc1ccc(OCC(=O)NC2CCCCCCCCCCC2)cc1. The molecule has 1 aliphatic carbocycles. The van der Waals surface area contributed by atoms with Crippen LogP contribution >= 0.6 is 0 Å². The molecule has 0 bridgehead atoms. The van der Waals surface area contributed by atoms with Gasteiger partial charge in [-0.2, -0.15) is 0 Å². The quantitative estimate of drug-likeness (QED) is 0.774. The van der Waals surface area contributed by atoms with Crippen molar-refractivity contribution < 1.29 is 9.53 Å². The average molecular weight is 346 g/mol. The molecule has 3 heteroatoms. The van der Waals surface area contributed by atoms with Crippen LogP contribution in [-0.4, -0.2) is 18.6 Å². The van der Waals surface area contributed by atoms with E-state index in [2.05, 4.69) is 24.4 Å². The highest BCUT2D eigenvalue weighted by Gasteiger charge is 2.13. The Hall–Kier alpha value is -1.51. The lowest BCUT2D eigenvalue weighted by Crippen LogP contribution is -2.38. The first kappa shape index (κ1) is 19.8. The van der Waals surface area contributed by atoms with Gasteiger partial charge in [0.1, 0.15) is 5.75 Å². The predicted octanol–water partition coefficient (Wildman–Crippen LogP) is 5.42. The zero-order chi connectivity index (χ0) is 17.7. The van der Waals surface area contributed by atoms with Crippen LogP contribution in [0, 0.1) is 0 Å². The topological polar surface area (TPSA) is 38.3 Å². The Morgan fingerprint density at radius 1 is 0.920 bits per heavy atom. The summed E-state index contributed by atoms with van der Waals surface area (Å²) in [5, 5.41) is 3.20. The van der Waals surface area contributed by atoms with Crippen molar-refractivity contribution in [2.24, 2.45) is 0 Å². The van der Waals surface area contributed by atoms with Gasteiger partial charge in [-0.25, -0.2) is 0 Å². The molecule has 1 amide bonds. The number of nitrogens with one attached hydrogen (secondary N) is 1. The molecule has 1 aliphatic rings. The van der Waals surface area contributed by atoms with Gasteiger partial charge in [0.15, 0.2) is 6.61 Å². The zero-order valence-electron chi connectivity index (χ0n) is 15.9. The normalized spacial score (nSPS) is 18.0. The summed E-state index contributed by atoms with van der Waals surface area (Å²) in [6.45, 7) is 2.24. The summed E-state index contributed by atoms with van der Waals surface area (Å²) in [7, 11) is 0. The van der Waals surface area contributed by atoms with E-state index >= 15 is 0 Å². The van der Waals surface area contributed by atoms with Crippen molar-refractivity contribution in [2.75, 3.05) is 6.61 Å². The Balaban J connectivity index is 1.73. The first-order valence-electron chi connectivity index (χ1n) is 10.3. The fraction of sp³-hybridized carbons (Fsp3) is 0.682. The van der Waals surface area contributed by atoms with E-state index in [1.807, 2.05) is 12.1 Å². The molecule has 3 nitrogen and oxygen atoms in total. The van der Waals surface area contributed by atoms with Crippen molar-refractivity contribution in [3.8, 4) is 5.75 Å². The minimum atomic E-state index is 0.0108. The van der Waals surface area contributed by atoms with Gasteiger partial charge in [-0.1, -0.05) is 76.8 Å². The molecule has 25 heavy (non-hydrogen) atoms. The van der Waals surface area contributed by atoms with Crippen LogP contribution < -0.4 is 10.1 Å². The Kier molecular flexibility index (Phi) is 9.46.